The standard InChI is InChI=1S/C22H30FN3O2/c1-3-24-22(26-13-19-9-10-21(23)20(11-19)14-27)25-12-17(2)15-28-16-18-7-5-4-6-8-18/h4-11,17,27H,3,12-16H2,1-2H3,(H2,24,25,26). The van der Waals surface area contributed by atoms with Crippen molar-refractivity contribution in [3.63, 3.8) is 0 Å². The Labute approximate surface area is 166 Å². The molecule has 1 unspecified atom stereocenters. The van der Waals surface area contributed by atoms with E-state index < -0.39 is 5.82 Å². The number of benzene rings is 2. The Hall–Kier alpha value is -2.44. The number of aliphatic imine (C=N–C) groups is 1. The summed E-state index contributed by atoms with van der Waals surface area (Å²) in [6.07, 6.45) is 0. The van der Waals surface area contributed by atoms with Crippen LogP contribution in [0.15, 0.2) is 53.5 Å². The van der Waals surface area contributed by atoms with Gasteiger partial charge in [0.2, 0.25) is 0 Å². The Balaban J connectivity index is 1.80. The predicted molar refractivity (Wildman–Crippen MR) is 110 cm³/mol. The van der Waals surface area contributed by atoms with E-state index in [0.717, 1.165) is 18.7 Å². The largest absolute Gasteiger partial charge is 0.392 e. The van der Waals surface area contributed by atoms with E-state index in [4.69, 9.17) is 4.74 Å². The number of nitrogens with zero attached hydrogens (tertiary/aromatic N) is 1. The molecule has 0 bridgehead atoms. The maximum Gasteiger partial charge on any atom is 0.191 e. The third-order valence-electron chi connectivity index (χ3n) is 4.18. The Morgan fingerprint density at radius 2 is 1.93 bits per heavy atom. The maximum absolute atomic E-state index is 13.5. The second kappa shape index (κ2) is 12.1. The van der Waals surface area contributed by atoms with Gasteiger partial charge in [-0.25, -0.2) is 9.38 Å². The van der Waals surface area contributed by atoms with Gasteiger partial charge >= 0.3 is 0 Å². The van der Waals surface area contributed by atoms with Gasteiger partial charge in [-0.3, -0.25) is 0 Å². The topological polar surface area (TPSA) is 65.9 Å². The Morgan fingerprint density at radius 1 is 1.14 bits per heavy atom. The molecular formula is C22H30FN3O2. The van der Waals surface area contributed by atoms with E-state index in [2.05, 4.69) is 34.7 Å². The summed E-state index contributed by atoms with van der Waals surface area (Å²) >= 11 is 0. The van der Waals surface area contributed by atoms with Crippen LogP contribution in [0.4, 0.5) is 4.39 Å². The van der Waals surface area contributed by atoms with Crippen molar-refractivity contribution >= 4 is 5.96 Å². The molecular weight excluding hydrogens is 357 g/mol. The molecule has 1 atom stereocenters. The van der Waals surface area contributed by atoms with Crippen molar-refractivity contribution in [1.29, 1.82) is 0 Å². The number of halogens is 1. The van der Waals surface area contributed by atoms with E-state index in [-0.39, 0.29) is 12.2 Å². The molecule has 0 saturated heterocycles. The van der Waals surface area contributed by atoms with E-state index in [1.54, 1.807) is 12.1 Å². The van der Waals surface area contributed by atoms with Crippen LogP contribution in [0.2, 0.25) is 0 Å². The Kier molecular flexibility index (Phi) is 9.45. The lowest BCUT2D eigenvalue weighted by molar-refractivity contribution is 0.0931. The highest BCUT2D eigenvalue weighted by Crippen LogP contribution is 2.11. The monoisotopic (exact) mass is 387 g/mol. The van der Waals surface area contributed by atoms with Gasteiger partial charge in [-0.2, -0.15) is 0 Å². The zero-order valence-electron chi connectivity index (χ0n) is 16.6. The van der Waals surface area contributed by atoms with Gasteiger partial charge in [0.25, 0.3) is 0 Å². The molecule has 0 spiro atoms. The molecule has 3 N–H and O–H groups in total. The number of guanidine groups is 1. The molecule has 0 heterocycles. The van der Waals surface area contributed by atoms with Crippen LogP contribution in [-0.4, -0.2) is 30.8 Å². The van der Waals surface area contributed by atoms with Crippen molar-refractivity contribution in [3.8, 4) is 0 Å². The van der Waals surface area contributed by atoms with Crippen molar-refractivity contribution in [2.45, 2.75) is 33.6 Å². The van der Waals surface area contributed by atoms with Gasteiger partial charge in [-0.05, 0) is 36.1 Å². The van der Waals surface area contributed by atoms with Gasteiger partial charge in [-0.1, -0.05) is 43.3 Å². The number of aliphatic hydroxyl groups excluding tert-OH is 1. The number of nitrogens with one attached hydrogen (secondary N) is 2. The zero-order valence-corrected chi connectivity index (χ0v) is 16.6. The summed E-state index contributed by atoms with van der Waals surface area (Å²) in [5.74, 6) is 0.622. The maximum atomic E-state index is 13.5. The highest BCUT2D eigenvalue weighted by atomic mass is 19.1. The normalized spacial score (nSPS) is 12.6. The number of ether oxygens (including phenoxy) is 1. The molecule has 0 aliphatic carbocycles. The molecule has 2 aromatic carbocycles. The molecule has 0 aliphatic rings. The fourth-order valence-corrected chi connectivity index (χ4v) is 2.64. The SMILES string of the molecule is CCNC(=NCc1ccc(F)c(CO)c1)NCC(C)COCc1ccccc1. The van der Waals surface area contributed by atoms with Crippen LogP contribution < -0.4 is 10.6 Å². The summed E-state index contributed by atoms with van der Waals surface area (Å²) in [6, 6.07) is 14.8. The summed E-state index contributed by atoms with van der Waals surface area (Å²) in [4.78, 5) is 4.54. The number of aliphatic hydroxyl groups is 1. The first kappa shape index (κ1) is 21.9. The third kappa shape index (κ3) is 7.66. The van der Waals surface area contributed by atoms with E-state index in [1.807, 2.05) is 25.1 Å². The minimum atomic E-state index is -0.399. The molecule has 2 rings (SSSR count). The lowest BCUT2D eigenvalue weighted by Crippen LogP contribution is -2.40. The van der Waals surface area contributed by atoms with Crippen LogP contribution in [-0.2, 0) is 24.5 Å². The molecule has 0 amide bonds. The van der Waals surface area contributed by atoms with Crippen molar-refractivity contribution in [2.24, 2.45) is 10.9 Å². The van der Waals surface area contributed by atoms with Crippen LogP contribution in [0.5, 0.6) is 0 Å². The third-order valence-corrected chi connectivity index (χ3v) is 4.18. The first-order chi connectivity index (χ1) is 13.6. The minimum Gasteiger partial charge on any atom is -0.392 e. The fraction of sp³-hybridized carbons (Fsp3) is 0.409. The van der Waals surface area contributed by atoms with Gasteiger partial charge in [0.05, 0.1) is 26.4 Å². The van der Waals surface area contributed by atoms with Crippen molar-refractivity contribution in [1.82, 2.24) is 10.6 Å². The van der Waals surface area contributed by atoms with Crippen LogP contribution in [0, 0.1) is 11.7 Å². The van der Waals surface area contributed by atoms with Gasteiger partial charge in [0.15, 0.2) is 5.96 Å². The molecule has 28 heavy (non-hydrogen) atoms. The Bertz CT molecular complexity index is 738. The first-order valence-electron chi connectivity index (χ1n) is 9.64. The molecule has 5 nitrogen and oxygen atoms in total. The number of hydrogen-bond acceptors (Lipinski definition) is 3. The minimum absolute atomic E-state index is 0.287. The van der Waals surface area contributed by atoms with Crippen LogP contribution in [0.25, 0.3) is 0 Å². The van der Waals surface area contributed by atoms with Crippen LogP contribution >= 0.6 is 0 Å². The summed E-state index contributed by atoms with van der Waals surface area (Å²) in [6.45, 7) is 6.95. The number of rotatable bonds is 10. The summed E-state index contributed by atoms with van der Waals surface area (Å²) in [5.41, 5.74) is 2.30. The smallest absolute Gasteiger partial charge is 0.191 e. The average Bonchev–Trinajstić information content (AvgIpc) is 2.72. The van der Waals surface area contributed by atoms with Crippen LogP contribution in [0.1, 0.15) is 30.5 Å². The highest BCUT2D eigenvalue weighted by molar-refractivity contribution is 5.79. The number of hydrogen-bond donors (Lipinski definition) is 3. The molecule has 0 fully saturated rings. The van der Waals surface area contributed by atoms with Gasteiger partial charge in [0, 0.05) is 18.7 Å². The van der Waals surface area contributed by atoms with E-state index in [1.165, 1.54) is 11.6 Å². The summed E-state index contributed by atoms with van der Waals surface area (Å²) in [7, 11) is 0. The average molecular weight is 387 g/mol. The quantitative estimate of drug-likeness (QED) is 0.433. The first-order valence-corrected chi connectivity index (χ1v) is 9.64. The second-order valence-corrected chi connectivity index (χ2v) is 6.77. The van der Waals surface area contributed by atoms with Crippen molar-refractivity contribution in [2.75, 3.05) is 19.7 Å². The molecule has 152 valence electrons. The fourth-order valence-electron chi connectivity index (χ4n) is 2.64. The van der Waals surface area contributed by atoms with E-state index in [0.29, 0.717) is 31.6 Å². The van der Waals surface area contributed by atoms with Crippen molar-refractivity contribution < 1.29 is 14.2 Å². The van der Waals surface area contributed by atoms with Gasteiger partial charge < -0.3 is 20.5 Å². The molecule has 2 aromatic rings. The summed E-state index contributed by atoms with van der Waals surface area (Å²) < 4.78 is 19.3. The Morgan fingerprint density at radius 3 is 2.64 bits per heavy atom. The lowest BCUT2D eigenvalue weighted by atomic mass is 10.1. The molecule has 0 aromatic heterocycles. The van der Waals surface area contributed by atoms with Crippen LogP contribution in [0.3, 0.4) is 0 Å². The van der Waals surface area contributed by atoms with Gasteiger partial charge in [-0.15, -0.1) is 0 Å². The van der Waals surface area contributed by atoms with E-state index >= 15 is 0 Å². The summed E-state index contributed by atoms with van der Waals surface area (Å²) in [5, 5.41) is 15.7. The predicted octanol–water partition coefficient (Wildman–Crippen LogP) is 3.23. The van der Waals surface area contributed by atoms with Gasteiger partial charge in [0.1, 0.15) is 5.82 Å². The molecule has 6 heteroatoms. The van der Waals surface area contributed by atoms with Crippen molar-refractivity contribution in [3.05, 3.63) is 71.0 Å². The van der Waals surface area contributed by atoms with E-state index in [9.17, 15) is 9.50 Å². The zero-order chi connectivity index (χ0) is 20.2. The molecule has 0 saturated carbocycles. The molecule has 0 radical (unpaired) electrons. The highest BCUT2D eigenvalue weighted by Gasteiger charge is 2.06. The second-order valence-electron chi connectivity index (χ2n) is 6.77. The lowest BCUT2D eigenvalue weighted by Gasteiger charge is -2.16. The molecule has 0 aliphatic heterocycles.